The molecule has 1 aromatic carbocycles. The molecule has 0 aliphatic rings. The van der Waals surface area contributed by atoms with Gasteiger partial charge in [-0.3, -0.25) is 14.2 Å². The molecule has 0 saturated heterocycles. The number of Topliss-reactive ketones (excluding diaryl/α,β-unsaturated/α-hetero) is 1. The Kier molecular flexibility index (Phi) is 6.79. The average Bonchev–Trinajstić information content (AvgIpc) is 3.45. The van der Waals surface area contributed by atoms with Crippen molar-refractivity contribution in [2.45, 2.75) is 12.8 Å². The summed E-state index contributed by atoms with van der Waals surface area (Å²) in [4.78, 5) is 25.1. The number of aryl methyl sites for hydroxylation is 1. The van der Waals surface area contributed by atoms with Crippen LogP contribution in [0, 0.1) is 0 Å². The molecule has 0 atom stereocenters. The highest BCUT2D eigenvalue weighted by Gasteiger charge is 2.13. The van der Waals surface area contributed by atoms with Crippen LogP contribution >= 0.6 is 22.9 Å². The van der Waals surface area contributed by atoms with Crippen LogP contribution in [0.25, 0.3) is 11.4 Å². The normalized spacial score (nSPS) is 10.9. The number of hydrogen-bond acceptors (Lipinski definition) is 7. The van der Waals surface area contributed by atoms with E-state index in [2.05, 4.69) is 15.6 Å². The van der Waals surface area contributed by atoms with Crippen LogP contribution in [-0.4, -0.2) is 43.6 Å². The van der Waals surface area contributed by atoms with E-state index in [1.54, 1.807) is 41.3 Å². The number of aliphatic hydroxyl groups is 1. The smallest absolute Gasteiger partial charge is 0.255 e. The first-order chi connectivity index (χ1) is 15.5. The molecular weight excluding hydrogens is 450 g/mol. The number of ketones is 1. The number of carbonyl (C=O) groups excluding carboxylic acids is 1. The van der Waals surface area contributed by atoms with Gasteiger partial charge in [-0.2, -0.15) is 0 Å². The monoisotopic (exact) mass is 469 g/mol. The molecule has 4 aromatic rings. The van der Waals surface area contributed by atoms with Gasteiger partial charge in [0.05, 0.1) is 44.8 Å². The Bertz CT molecular complexity index is 1300. The van der Waals surface area contributed by atoms with E-state index >= 15 is 0 Å². The number of aromatic nitrogens is 4. The van der Waals surface area contributed by atoms with Crippen LogP contribution in [0.4, 0.5) is 5.69 Å². The van der Waals surface area contributed by atoms with E-state index in [0.29, 0.717) is 51.4 Å². The highest BCUT2D eigenvalue weighted by atomic mass is 35.5. The number of thiophene rings is 1. The lowest BCUT2D eigenvalue weighted by Gasteiger charge is -2.14. The van der Waals surface area contributed by atoms with E-state index in [0.717, 1.165) is 0 Å². The van der Waals surface area contributed by atoms with Gasteiger partial charge in [-0.05, 0) is 36.4 Å². The Morgan fingerprint density at radius 2 is 2.06 bits per heavy atom. The van der Waals surface area contributed by atoms with Crippen LogP contribution in [0.15, 0.2) is 65.7 Å². The summed E-state index contributed by atoms with van der Waals surface area (Å²) in [5.41, 5.74) is 2.61. The summed E-state index contributed by atoms with van der Waals surface area (Å²) < 4.78 is 3.73. The lowest BCUT2D eigenvalue weighted by Crippen LogP contribution is -2.16. The first kappa shape index (κ1) is 21.9. The summed E-state index contributed by atoms with van der Waals surface area (Å²) in [5.74, 6) is 0.0133. The first-order valence-electron chi connectivity index (χ1n) is 9.92. The molecule has 0 fully saturated rings. The molecule has 0 amide bonds. The number of rotatable bonds is 9. The van der Waals surface area contributed by atoms with Gasteiger partial charge in [-0.25, -0.2) is 4.68 Å². The molecule has 3 heterocycles. The summed E-state index contributed by atoms with van der Waals surface area (Å²) in [6, 6.07) is 13.9. The van der Waals surface area contributed by atoms with Crippen LogP contribution < -0.4 is 10.9 Å². The zero-order valence-electron chi connectivity index (χ0n) is 16.9. The Labute approximate surface area is 192 Å². The fourth-order valence-corrected chi connectivity index (χ4v) is 4.22. The molecule has 10 heteroatoms. The maximum Gasteiger partial charge on any atom is 0.255 e. The fourth-order valence-electron chi connectivity index (χ4n) is 3.21. The molecule has 164 valence electrons. The summed E-state index contributed by atoms with van der Waals surface area (Å²) in [6.45, 7) is 0.284. The van der Waals surface area contributed by atoms with Gasteiger partial charge in [0.2, 0.25) is 0 Å². The van der Waals surface area contributed by atoms with Crippen LogP contribution in [-0.2, 0) is 6.42 Å². The van der Waals surface area contributed by atoms with Gasteiger partial charge < -0.3 is 10.4 Å². The summed E-state index contributed by atoms with van der Waals surface area (Å²) in [6.07, 6.45) is 4.22. The van der Waals surface area contributed by atoms with Gasteiger partial charge in [-0.15, -0.1) is 16.4 Å². The molecule has 8 nitrogen and oxygen atoms in total. The molecule has 0 spiro atoms. The SMILES string of the molecule is O=C(CCc1cn(-c2ccc(-n3ccccc3=O)cc2NCCO)nn1)c1ccc(Cl)s1. The Morgan fingerprint density at radius 1 is 1.19 bits per heavy atom. The number of carbonyl (C=O) groups is 1. The van der Waals surface area contributed by atoms with E-state index in [1.807, 2.05) is 18.2 Å². The van der Waals surface area contributed by atoms with Crippen molar-refractivity contribution in [2.24, 2.45) is 0 Å². The molecule has 0 unspecified atom stereocenters. The van der Waals surface area contributed by atoms with E-state index < -0.39 is 0 Å². The van der Waals surface area contributed by atoms with E-state index in [9.17, 15) is 14.7 Å². The highest BCUT2D eigenvalue weighted by Crippen LogP contribution is 2.25. The molecule has 4 rings (SSSR count). The largest absolute Gasteiger partial charge is 0.395 e. The predicted molar refractivity (Wildman–Crippen MR) is 125 cm³/mol. The average molecular weight is 470 g/mol. The maximum atomic E-state index is 12.3. The van der Waals surface area contributed by atoms with Crippen LogP contribution in [0.2, 0.25) is 4.34 Å². The third-order valence-electron chi connectivity index (χ3n) is 4.75. The number of pyridine rings is 1. The van der Waals surface area contributed by atoms with E-state index in [-0.39, 0.29) is 17.9 Å². The maximum absolute atomic E-state index is 12.3. The number of anilines is 1. The van der Waals surface area contributed by atoms with Crippen molar-refractivity contribution in [1.82, 2.24) is 19.6 Å². The van der Waals surface area contributed by atoms with Crippen molar-refractivity contribution in [3.05, 3.63) is 86.2 Å². The van der Waals surface area contributed by atoms with Gasteiger partial charge in [0.25, 0.3) is 5.56 Å². The number of aliphatic hydroxyl groups excluding tert-OH is 1. The van der Waals surface area contributed by atoms with E-state index in [1.165, 1.54) is 22.0 Å². The molecule has 0 bridgehead atoms. The van der Waals surface area contributed by atoms with Crippen molar-refractivity contribution < 1.29 is 9.90 Å². The van der Waals surface area contributed by atoms with Crippen molar-refractivity contribution >= 4 is 34.4 Å². The van der Waals surface area contributed by atoms with Gasteiger partial charge in [0.1, 0.15) is 0 Å². The topological polar surface area (TPSA) is 102 Å². The quantitative estimate of drug-likeness (QED) is 0.364. The predicted octanol–water partition coefficient (Wildman–Crippen LogP) is 3.35. The number of benzene rings is 1. The fraction of sp³-hybridized carbons (Fsp3) is 0.182. The first-order valence-corrected chi connectivity index (χ1v) is 11.1. The molecule has 0 aliphatic carbocycles. The Hall–Kier alpha value is -3.27. The van der Waals surface area contributed by atoms with Crippen molar-refractivity contribution in [3.8, 4) is 11.4 Å². The molecular formula is C22H20ClN5O3S. The number of nitrogens with one attached hydrogen (secondary N) is 1. The van der Waals surface area contributed by atoms with Crippen LogP contribution in [0.5, 0.6) is 0 Å². The lowest BCUT2D eigenvalue weighted by atomic mass is 10.1. The van der Waals surface area contributed by atoms with E-state index in [4.69, 9.17) is 11.6 Å². The molecule has 0 radical (unpaired) electrons. The molecule has 0 saturated carbocycles. The third kappa shape index (κ3) is 4.96. The Balaban J connectivity index is 1.56. The summed E-state index contributed by atoms with van der Waals surface area (Å²) >= 11 is 7.17. The summed E-state index contributed by atoms with van der Waals surface area (Å²) in [7, 11) is 0. The minimum Gasteiger partial charge on any atom is -0.395 e. The Morgan fingerprint density at radius 3 is 2.81 bits per heavy atom. The number of nitrogens with zero attached hydrogens (tertiary/aromatic N) is 4. The molecule has 2 N–H and O–H groups in total. The molecule has 3 aromatic heterocycles. The van der Waals surface area contributed by atoms with Gasteiger partial charge >= 0.3 is 0 Å². The van der Waals surface area contributed by atoms with Gasteiger partial charge in [-0.1, -0.05) is 22.9 Å². The third-order valence-corrected chi connectivity index (χ3v) is 6.02. The second kappa shape index (κ2) is 9.90. The van der Waals surface area contributed by atoms with Crippen LogP contribution in [0.1, 0.15) is 21.8 Å². The minimum atomic E-state index is -0.145. The second-order valence-electron chi connectivity index (χ2n) is 6.94. The molecule has 0 aliphatic heterocycles. The zero-order valence-corrected chi connectivity index (χ0v) is 18.5. The highest BCUT2D eigenvalue weighted by molar-refractivity contribution is 7.18. The van der Waals surface area contributed by atoms with Gasteiger partial charge in [0.15, 0.2) is 5.78 Å². The van der Waals surface area contributed by atoms with Crippen LogP contribution in [0.3, 0.4) is 0 Å². The lowest BCUT2D eigenvalue weighted by molar-refractivity contribution is 0.0986. The number of hydrogen-bond donors (Lipinski definition) is 2. The zero-order chi connectivity index (χ0) is 22.5. The van der Waals surface area contributed by atoms with Gasteiger partial charge in [0, 0.05) is 31.6 Å². The summed E-state index contributed by atoms with van der Waals surface area (Å²) in [5, 5.41) is 20.8. The van der Waals surface area contributed by atoms with Crippen molar-refractivity contribution in [1.29, 1.82) is 0 Å². The standard InChI is InChI=1S/C22H20ClN5O3S/c23-21-9-8-20(32-21)19(30)7-4-15-14-28(26-25-15)18-6-5-16(13-17(18)24-10-12-29)27-11-2-1-3-22(27)31/h1-3,5-6,8-9,11,13-14,24,29H,4,7,10,12H2. The van der Waals surface area contributed by atoms with Crippen molar-refractivity contribution in [3.63, 3.8) is 0 Å². The minimum absolute atomic E-state index is 0.0133. The number of halogens is 1. The second-order valence-corrected chi connectivity index (χ2v) is 8.66. The van der Waals surface area contributed by atoms with Crippen molar-refractivity contribution in [2.75, 3.05) is 18.5 Å². The molecule has 32 heavy (non-hydrogen) atoms.